The van der Waals surface area contributed by atoms with Crippen LogP contribution in [0.15, 0.2) is 30.5 Å². The van der Waals surface area contributed by atoms with Crippen molar-refractivity contribution in [1.29, 1.82) is 0 Å². The summed E-state index contributed by atoms with van der Waals surface area (Å²) in [5.74, 6) is 0. The van der Waals surface area contributed by atoms with E-state index in [9.17, 15) is 0 Å². The standard InChI is InChI=1S/C11H13N3/c1-8-5-3-4-6-9(8)11-10(12)7-14(2)13-11/h3-7H,12H2,1-2H3. The molecule has 1 aromatic heterocycles. The van der Waals surface area contributed by atoms with E-state index in [4.69, 9.17) is 5.73 Å². The maximum atomic E-state index is 5.86. The van der Waals surface area contributed by atoms with Crippen LogP contribution in [-0.2, 0) is 7.05 Å². The molecule has 0 aliphatic rings. The van der Waals surface area contributed by atoms with Crippen molar-refractivity contribution in [3.05, 3.63) is 36.0 Å². The number of anilines is 1. The Morgan fingerprint density at radius 2 is 2.00 bits per heavy atom. The van der Waals surface area contributed by atoms with E-state index >= 15 is 0 Å². The van der Waals surface area contributed by atoms with Gasteiger partial charge in [0, 0.05) is 18.8 Å². The maximum absolute atomic E-state index is 5.86. The first kappa shape index (κ1) is 8.81. The molecule has 72 valence electrons. The van der Waals surface area contributed by atoms with Gasteiger partial charge in [-0.15, -0.1) is 0 Å². The normalized spacial score (nSPS) is 10.4. The molecule has 0 aliphatic carbocycles. The molecular weight excluding hydrogens is 174 g/mol. The zero-order valence-electron chi connectivity index (χ0n) is 8.36. The molecule has 14 heavy (non-hydrogen) atoms. The lowest BCUT2D eigenvalue weighted by Gasteiger charge is -2.02. The summed E-state index contributed by atoms with van der Waals surface area (Å²) in [5.41, 5.74) is 9.74. The summed E-state index contributed by atoms with van der Waals surface area (Å²) in [6, 6.07) is 8.10. The summed E-state index contributed by atoms with van der Waals surface area (Å²) in [7, 11) is 1.87. The fourth-order valence-electron chi connectivity index (χ4n) is 1.55. The van der Waals surface area contributed by atoms with Gasteiger partial charge in [-0.2, -0.15) is 5.10 Å². The van der Waals surface area contributed by atoms with Crippen LogP contribution in [0.2, 0.25) is 0 Å². The summed E-state index contributed by atoms with van der Waals surface area (Å²) < 4.78 is 1.73. The quantitative estimate of drug-likeness (QED) is 0.741. The van der Waals surface area contributed by atoms with Crippen molar-refractivity contribution in [2.45, 2.75) is 6.92 Å². The molecule has 0 atom stereocenters. The Morgan fingerprint density at radius 1 is 1.29 bits per heavy atom. The number of benzene rings is 1. The van der Waals surface area contributed by atoms with Gasteiger partial charge in [-0.1, -0.05) is 24.3 Å². The van der Waals surface area contributed by atoms with E-state index in [1.54, 1.807) is 4.68 Å². The summed E-state index contributed by atoms with van der Waals surface area (Å²) >= 11 is 0. The molecule has 0 saturated heterocycles. The Bertz CT molecular complexity index is 457. The maximum Gasteiger partial charge on any atom is 0.115 e. The predicted molar refractivity (Wildman–Crippen MR) is 57.8 cm³/mol. The number of aromatic nitrogens is 2. The van der Waals surface area contributed by atoms with E-state index in [2.05, 4.69) is 18.1 Å². The van der Waals surface area contributed by atoms with Crippen molar-refractivity contribution in [2.24, 2.45) is 7.05 Å². The second kappa shape index (κ2) is 3.18. The third-order valence-corrected chi connectivity index (χ3v) is 2.26. The molecule has 0 bridgehead atoms. The Hall–Kier alpha value is -1.77. The molecular formula is C11H13N3. The number of nitrogens with zero attached hydrogens (tertiary/aromatic N) is 2. The number of hydrogen-bond donors (Lipinski definition) is 1. The highest BCUT2D eigenvalue weighted by atomic mass is 15.3. The summed E-state index contributed by atoms with van der Waals surface area (Å²) in [5, 5.41) is 4.33. The molecule has 0 radical (unpaired) electrons. The average Bonchev–Trinajstić information content (AvgIpc) is 2.46. The van der Waals surface area contributed by atoms with Crippen LogP contribution in [0, 0.1) is 6.92 Å². The molecule has 2 rings (SSSR count). The number of aryl methyl sites for hydroxylation is 2. The van der Waals surface area contributed by atoms with E-state index in [0.29, 0.717) is 0 Å². The highest BCUT2D eigenvalue weighted by molar-refractivity contribution is 5.74. The van der Waals surface area contributed by atoms with Crippen LogP contribution >= 0.6 is 0 Å². The van der Waals surface area contributed by atoms with Crippen LogP contribution in [0.1, 0.15) is 5.56 Å². The van der Waals surface area contributed by atoms with Crippen molar-refractivity contribution in [3.63, 3.8) is 0 Å². The second-order valence-corrected chi connectivity index (χ2v) is 3.42. The Morgan fingerprint density at radius 3 is 2.57 bits per heavy atom. The van der Waals surface area contributed by atoms with Gasteiger partial charge in [-0.3, -0.25) is 4.68 Å². The molecule has 2 N–H and O–H groups in total. The minimum absolute atomic E-state index is 0.724. The lowest BCUT2D eigenvalue weighted by molar-refractivity contribution is 0.771. The highest BCUT2D eigenvalue weighted by Gasteiger charge is 2.08. The van der Waals surface area contributed by atoms with Crippen LogP contribution in [0.25, 0.3) is 11.3 Å². The van der Waals surface area contributed by atoms with Gasteiger partial charge >= 0.3 is 0 Å². The molecule has 3 nitrogen and oxygen atoms in total. The third kappa shape index (κ3) is 1.37. The second-order valence-electron chi connectivity index (χ2n) is 3.42. The first-order chi connectivity index (χ1) is 6.68. The van der Waals surface area contributed by atoms with Crippen molar-refractivity contribution in [3.8, 4) is 11.3 Å². The van der Waals surface area contributed by atoms with E-state index in [-0.39, 0.29) is 0 Å². The zero-order chi connectivity index (χ0) is 10.1. The van der Waals surface area contributed by atoms with E-state index in [0.717, 1.165) is 16.9 Å². The molecule has 0 fully saturated rings. The fourth-order valence-corrected chi connectivity index (χ4v) is 1.55. The van der Waals surface area contributed by atoms with Gasteiger partial charge in [0.15, 0.2) is 0 Å². The SMILES string of the molecule is Cc1ccccc1-c1nn(C)cc1N. The van der Waals surface area contributed by atoms with Gasteiger partial charge in [-0.25, -0.2) is 0 Å². The number of rotatable bonds is 1. The van der Waals surface area contributed by atoms with Crippen molar-refractivity contribution >= 4 is 5.69 Å². The molecule has 3 heteroatoms. The van der Waals surface area contributed by atoms with Crippen molar-refractivity contribution in [1.82, 2.24) is 9.78 Å². The molecule has 0 amide bonds. The van der Waals surface area contributed by atoms with Crippen molar-refractivity contribution in [2.75, 3.05) is 5.73 Å². The van der Waals surface area contributed by atoms with Gasteiger partial charge in [-0.05, 0) is 12.5 Å². The Kier molecular flexibility index (Phi) is 2.00. The highest BCUT2D eigenvalue weighted by Crippen LogP contribution is 2.26. The lowest BCUT2D eigenvalue weighted by atomic mass is 10.1. The monoisotopic (exact) mass is 187 g/mol. The van der Waals surface area contributed by atoms with E-state index in [1.807, 2.05) is 31.4 Å². The molecule has 1 aromatic carbocycles. The number of nitrogens with two attached hydrogens (primary N) is 1. The Labute approximate surface area is 83.2 Å². The predicted octanol–water partition coefficient (Wildman–Crippen LogP) is 1.98. The first-order valence-electron chi connectivity index (χ1n) is 4.53. The molecule has 0 saturated carbocycles. The van der Waals surface area contributed by atoms with Crippen LogP contribution in [-0.4, -0.2) is 9.78 Å². The van der Waals surface area contributed by atoms with E-state index in [1.165, 1.54) is 5.56 Å². The zero-order valence-corrected chi connectivity index (χ0v) is 8.36. The molecule has 2 aromatic rings. The van der Waals surface area contributed by atoms with Gasteiger partial charge in [0.1, 0.15) is 5.69 Å². The van der Waals surface area contributed by atoms with Gasteiger partial charge in [0.05, 0.1) is 5.69 Å². The van der Waals surface area contributed by atoms with Crippen molar-refractivity contribution < 1.29 is 0 Å². The number of nitrogen functional groups attached to an aromatic ring is 1. The third-order valence-electron chi connectivity index (χ3n) is 2.26. The lowest BCUT2D eigenvalue weighted by Crippen LogP contribution is -1.90. The topological polar surface area (TPSA) is 43.8 Å². The smallest absolute Gasteiger partial charge is 0.115 e. The average molecular weight is 187 g/mol. The molecule has 0 aliphatic heterocycles. The van der Waals surface area contributed by atoms with Gasteiger partial charge in [0.25, 0.3) is 0 Å². The van der Waals surface area contributed by atoms with E-state index < -0.39 is 0 Å². The Balaban J connectivity index is 2.60. The largest absolute Gasteiger partial charge is 0.396 e. The van der Waals surface area contributed by atoms with Gasteiger partial charge in [0.2, 0.25) is 0 Å². The molecule has 0 unspecified atom stereocenters. The molecule has 1 heterocycles. The van der Waals surface area contributed by atoms with Crippen LogP contribution < -0.4 is 5.73 Å². The molecule has 0 spiro atoms. The van der Waals surface area contributed by atoms with Crippen LogP contribution in [0.4, 0.5) is 5.69 Å². The summed E-state index contributed by atoms with van der Waals surface area (Å²) in [4.78, 5) is 0. The summed E-state index contributed by atoms with van der Waals surface area (Å²) in [6.07, 6.45) is 1.82. The van der Waals surface area contributed by atoms with Crippen LogP contribution in [0.5, 0.6) is 0 Å². The first-order valence-corrected chi connectivity index (χ1v) is 4.53. The minimum atomic E-state index is 0.724. The minimum Gasteiger partial charge on any atom is -0.396 e. The summed E-state index contributed by atoms with van der Waals surface area (Å²) in [6.45, 7) is 2.06. The van der Waals surface area contributed by atoms with Gasteiger partial charge < -0.3 is 5.73 Å². The number of hydrogen-bond acceptors (Lipinski definition) is 2. The van der Waals surface area contributed by atoms with Crippen LogP contribution in [0.3, 0.4) is 0 Å². The fraction of sp³-hybridized carbons (Fsp3) is 0.182.